The first-order chi connectivity index (χ1) is 8.07. The lowest BCUT2D eigenvalue weighted by molar-refractivity contribution is -0.901. The highest BCUT2D eigenvalue weighted by Gasteiger charge is 2.51. The molecule has 4 aliphatic rings. The summed E-state index contributed by atoms with van der Waals surface area (Å²) in [5.74, 6) is 1.81. The molecule has 2 bridgehead atoms. The van der Waals surface area contributed by atoms with Crippen LogP contribution in [0.2, 0.25) is 0 Å². The van der Waals surface area contributed by atoms with Crippen LogP contribution in [0.25, 0.3) is 0 Å². The van der Waals surface area contributed by atoms with E-state index in [2.05, 4.69) is 19.9 Å². The number of aliphatic hydroxyl groups excluding tert-OH is 1. The molecular formula is C15H26NO+. The molecule has 2 heteroatoms. The maximum atomic E-state index is 9.55. The van der Waals surface area contributed by atoms with Crippen molar-refractivity contribution in [3.8, 4) is 0 Å². The van der Waals surface area contributed by atoms with Crippen LogP contribution in [0.3, 0.4) is 0 Å². The van der Waals surface area contributed by atoms with Crippen molar-refractivity contribution in [3.63, 3.8) is 0 Å². The Kier molecular flexibility index (Phi) is 2.83. The van der Waals surface area contributed by atoms with Crippen LogP contribution in [0.1, 0.15) is 39.5 Å². The smallest absolute Gasteiger partial charge is 0.0990 e. The normalized spacial score (nSPS) is 43.8. The zero-order valence-corrected chi connectivity index (χ0v) is 11.2. The van der Waals surface area contributed by atoms with Crippen LogP contribution in [0.15, 0.2) is 11.6 Å². The summed E-state index contributed by atoms with van der Waals surface area (Å²) in [6.45, 7) is 8.47. The van der Waals surface area contributed by atoms with Crippen molar-refractivity contribution in [1.82, 2.24) is 0 Å². The largest absolute Gasteiger partial charge is 0.393 e. The number of fused-ring (bicyclic) bond motifs is 1. The third-order valence-electron chi connectivity index (χ3n) is 5.70. The Bertz CT molecular complexity index is 326. The number of rotatable bonds is 2. The molecule has 0 unspecified atom stereocenters. The van der Waals surface area contributed by atoms with E-state index in [-0.39, 0.29) is 6.10 Å². The summed E-state index contributed by atoms with van der Waals surface area (Å²) in [5, 5.41) is 9.55. The third kappa shape index (κ3) is 1.96. The molecule has 2 N–H and O–H groups in total. The molecule has 0 aromatic heterocycles. The average molecular weight is 236 g/mol. The molecule has 2 fully saturated rings. The standard InChI is InChI=1S/C15H25NO/c1-15(2)12-4-3-11(14(15)9-12)10-16-7-5-13(17)6-8-16/h3,12-14,17H,4-10H2,1-2H3/p+1/t12-,14-/m1/s1. The molecule has 2 atom stereocenters. The van der Waals surface area contributed by atoms with E-state index in [1.165, 1.54) is 19.4 Å². The summed E-state index contributed by atoms with van der Waals surface area (Å²) in [6, 6.07) is 0. The summed E-state index contributed by atoms with van der Waals surface area (Å²) in [5.41, 5.74) is 2.29. The Morgan fingerprint density at radius 3 is 2.65 bits per heavy atom. The maximum Gasteiger partial charge on any atom is 0.0990 e. The molecule has 3 aliphatic carbocycles. The van der Waals surface area contributed by atoms with Crippen molar-refractivity contribution >= 4 is 0 Å². The average Bonchev–Trinajstić information content (AvgIpc) is 2.32. The lowest BCUT2D eigenvalue weighted by Gasteiger charge is -2.56. The monoisotopic (exact) mass is 236 g/mol. The Balaban J connectivity index is 1.61. The van der Waals surface area contributed by atoms with Crippen molar-refractivity contribution in [2.75, 3.05) is 19.6 Å². The van der Waals surface area contributed by atoms with Crippen molar-refractivity contribution in [3.05, 3.63) is 11.6 Å². The molecule has 0 radical (unpaired) electrons. The number of hydrogen-bond donors (Lipinski definition) is 2. The van der Waals surface area contributed by atoms with E-state index in [1.807, 2.05) is 0 Å². The highest BCUT2D eigenvalue weighted by Crippen LogP contribution is 2.58. The van der Waals surface area contributed by atoms with Crippen LogP contribution in [0, 0.1) is 17.3 Å². The second kappa shape index (κ2) is 4.10. The molecule has 1 aliphatic heterocycles. The number of hydrogen-bond acceptors (Lipinski definition) is 1. The van der Waals surface area contributed by atoms with E-state index < -0.39 is 0 Å². The highest BCUT2D eigenvalue weighted by atomic mass is 16.3. The van der Waals surface area contributed by atoms with Crippen LogP contribution < -0.4 is 4.90 Å². The minimum atomic E-state index is -0.0244. The minimum absolute atomic E-state index is 0.0244. The van der Waals surface area contributed by atoms with Gasteiger partial charge in [-0.05, 0) is 35.7 Å². The fourth-order valence-corrected chi connectivity index (χ4v) is 4.15. The van der Waals surface area contributed by atoms with Gasteiger partial charge in [0.05, 0.1) is 25.7 Å². The molecule has 0 aromatic carbocycles. The second-order valence-corrected chi connectivity index (χ2v) is 6.98. The minimum Gasteiger partial charge on any atom is -0.393 e. The summed E-state index contributed by atoms with van der Waals surface area (Å²) < 4.78 is 0. The van der Waals surface area contributed by atoms with Gasteiger partial charge in [0.1, 0.15) is 0 Å². The van der Waals surface area contributed by atoms with Gasteiger partial charge >= 0.3 is 0 Å². The quantitative estimate of drug-likeness (QED) is 0.688. The molecular weight excluding hydrogens is 210 g/mol. The lowest BCUT2D eigenvalue weighted by Crippen LogP contribution is -3.13. The van der Waals surface area contributed by atoms with E-state index in [0.29, 0.717) is 5.41 Å². The number of piperidine rings is 1. The molecule has 1 heterocycles. The topological polar surface area (TPSA) is 24.7 Å². The zero-order valence-electron chi connectivity index (χ0n) is 11.2. The van der Waals surface area contributed by atoms with Crippen molar-refractivity contribution < 1.29 is 10.0 Å². The molecule has 0 amide bonds. The number of allylic oxidation sites excluding steroid dienone is 1. The highest BCUT2D eigenvalue weighted by molar-refractivity contribution is 5.23. The van der Waals surface area contributed by atoms with E-state index in [1.54, 1.807) is 10.5 Å². The third-order valence-corrected chi connectivity index (χ3v) is 5.70. The predicted octanol–water partition coefficient (Wildman–Crippen LogP) is 1.02. The predicted molar refractivity (Wildman–Crippen MR) is 68.9 cm³/mol. The van der Waals surface area contributed by atoms with Crippen LogP contribution in [0.4, 0.5) is 0 Å². The van der Waals surface area contributed by atoms with Gasteiger partial charge in [-0.25, -0.2) is 0 Å². The fourth-order valence-electron chi connectivity index (χ4n) is 4.15. The van der Waals surface area contributed by atoms with Crippen LogP contribution in [0.5, 0.6) is 0 Å². The van der Waals surface area contributed by atoms with Gasteiger partial charge in [-0.15, -0.1) is 0 Å². The zero-order chi connectivity index (χ0) is 12.0. The first-order valence-corrected chi connectivity index (χ1v) is 7.28. The van der Waals surface area contributed by atoms with Crippen molar-refractivity contribution in [1.29, 1.82) is 0 Å². The van der Waals surface area contributed by atoms with E-state index in [4.69, 9.17) is 0 Å². The Labute approximate surface area is 105 Å². The van der Waals surface area contributed by atoms with Crippen LogP contribution >= 0.6 is 0 Å². The molecule has 2 nitrogen and oxygen atoms in total. The van der Waals surface area contributed by atoms with Gasteiger partial charge in [-0.1, -0.05) is 19.9 Å². The number of quaternary nitrogens is 1. The molecule has 4 rings (SSSR count). The van der Waals surface area contributed by atoms with Gasteiger partial charge in [0, 0.05) is 12.8 Å². The van der Waals surface area contributed by atoms with Crippen molar-refractivity contribution in [2.24, 2.45) is 17.3 Å². The molecule has 17 heavy (non-hydrogen) atoms. The van der Waals surface area contributed by atoms with Gasteiger partial charge in [-0.2, -0.15) is 0 Å². The Hall–Kier alpha value is -0.340. The maximum absolute atomic E-state index is 9.55. The number of likely N-dealkylation sites (tertiary alicyclic amines) is 1. The summed E-state index contributed by atoms with van der Waals surface area (Å²) in [7, 11) is 0. The van der Waals surface area contributed by atoms with Crippen LogP contribution in [-0.2, 0) is 0 Å². The number of aliphatic hydroxyl groups is 1. The molecule has 0 aromatic rings. The van der Waals surface area contributed by atoms with E-state index >= 15 is 0 Å². The SMILES string of the molecule is CC1(C)[C@@H]2CC=C(C[NH+]3CCC(O)CC3)[C@H]1C2. The molecule has 0 spiro atoms. The first-order valence-electron chi connectivity index (χ1n) is 7.28. The van der Waals surface area contributed by atoms with Crippen molar-refractivity contribution in [2.45, 2.75) is 45.6 Å². The lowest BCUT2D eigenvalue weighted by atomic mass is 9.49. The molecule has 96 valence electrons. The fraction of sp³-hybridized carbons (Fsp3) is 0.867. The Morgan fingerprint density at radius 2 is 2.06 bits per heavy atom. The van der Waals surface area contributed by atoms with Gasteiger partial charge in [0.25, 0.3) is 0 Å². The number of nitrogens with one attached hydrogen (secondary N) is 1. The summed E-state index contributed by atoms with van der Waals surface area (Å²) in [4.78, 5) is 1.70. The molecule has 1 saturated carbocycles. The summed E-state index contributed by atoms with van der Waals surface area (Å²) >= 11 is 0. The van der Waals surface area contributed by atoms with Gasteiger partial charge in [0.2, 0.25) is 0 Å². The summed E-state index contributed by atoms with van der Waals surface area (Å²) in [6.07, 6.45) is 7.26. The Morgan fingerprint density at radius 1 is 1.35 bits per heavy atom. The van der Waals surface area contributed by atoms with Gasteiger partial charge in [-0.3, -0.25) is 0 Å². The van der Waals surface area contributed by atoms with E-state index in [0.717, 1.165) is 37.8 Å². The molecule has 1 saturated heterocycles. The van der Waals surface area contributed by atoms with Gasteiger partial charge < -0.3 is 10.0 Å². The second-order valence-electron chi connectivity index (χ2n) is 6.98. The van der Waals surface area contributed by atoms with Crippen LogP contribution in [-0.4, -0.2) is 30.8 Å². The first kappa shape index (κ1) is 11.7. The van der Waals surface area contributed by atoms with Gasteiger partial charge in [0.15, 0.2) is 0 Å². The van der Waals surface area contributed by atoms with E-state index in [9.17, 15) is 5.11 Å².